The van der Waals surface area contributed by atoms with Crippen LogP contribution in [0.2, 0.25) is 0 Å². The molecule has 56 heavy (non-hydrogen) atoms. The van der Waals surface area contributed by atoms with Crippen molar-refractivity contribution >= 4 is 43.9 Å². The van der Waals surface area contributed by atoms with Crippen LogP contribution >= 0.6 is 0 Å². The minimum Gasteiger partial charge on any atom is -0.455 e. The molecule has 0 amide bonds. The molecule has 0 aliphatic carbocycles. The zero-order valence-electron chi connectivity index (χ0n) is 30.1. The van der Waals surface area contributed by atoms with E-state index in [4.69, 9.17) is 18.8 Å². The van der Waals surface area contributed by atoms with E-state index < -0.39 is 0 Å². The van der Waals surface area contributed by atoms with Gasteiger partial charge in [-0.2, -0.15) is 0 Å². The second-order valence-corrected chi connectivity index (χ2v) is 14.0. The van der Waals surface area contributed by atoms with Gasteiger partial charge in [0.15, 0.2) is 5.82 Å². The predicted octanol–water partition coefficient (Wildman–Crippen LogP) is 13.7. The first-order valence-corrected chi connectivity index (χ1v) is 18.7. The number of benzene rings is 7. The van der Waals surface area contributed by atoms with E-state index in [9.17, 15) is 0 Å². The number of rotatable bonds is 6. The highest BCUT2D eigenvalue weighted by Crippen LogP contribution is 2.42. The smallest absolute Gasteiger partial charge is 0.161 e. The van der Waals surface area contributed by atoms with Gasteiger partial charge in [-0.1, -0.05) is 127 Å². The fourth-order valence-corrected chi connectivity index (χ4v) is 7.87. The molecule has 0 saturated heterocycles. The molecule has 0 saturated carbocycles. The van der Waals surface area contributed by atoms with Gasteiger partial charge >= 0.3 is 0 Å². The van der Waals surface area contributed by atoms with Crippen molar-refractivity contribution in [1.82, 2.24) is 15.0 Å². The molecule has 0 radical (unpaired) electrons. The fraction of sp³-hybridized carbons (Fsp3) is 0. The van der Waals surface area contributed by atoms with Gasteiger partial charge in [0.1, 0.15) is 22.3 Å². The van der Waals surface area contributed by atoms with Crippen molar-refractivity contribution in [3.05, 3.63) is 188 Å². The second kappa shape index (κ2) is 13.0. The number of pyridine rings is 1. The summed E-state index contributed by atoms with van der Waals surface area (Å²) in [5, 5.41) is 4.33. The first kappa shape index (κ1) is 31.9. The zero-order valence-corrected chi connectivity index (χ0v) is 30.1. The monoisotopic (exact) mass is 717 g/mol. The Balaban J connectivity index is 1.15. The van der Waals surface area contributed by atoms with Crippen LogP contribution in [0.5, 0.6) is 0 Å². The third-order valence-corrected chi connectivity index (χ3v) is 10.6. The van der Waals surface area contributed by atoms with Crippen LogP contribution in [0.4, 0.5) is 0 Å². The lowest BCUT2D eigenvalue weighted by atomic mass is 9.93. The first-order valence-electron chi connectivity index (χ1n) is 18.7. The van der Waals surface area contributed by atoms with Crippen LogP contribution in [-0.4, -0.2) is 15.0 Å². The third-order valence-electron chi connectivity index (χ3n) is 10.6. The van der Waals surface area contributed by atoms with E-state index in [1.807, 2.05) is 48.7 Å². The van der Waals surface area contributed by atoms with Crippen molar-refractivity contribution < 1.29 is 8.83 Å². The van der Waals surface area contributed by atoms with Gasteiger partial charge in [-0.25, -0.2) is 9.97 Å². The highest BCUT2D eigenvalue weighted by molar-refractivity contribution is 6.11. The molecule has 262 valence electrons. The van der Waals surface area contributed by atoms with E-state index in [-0.39, 0.29) is 0 Å². The van der Waals surface area contributed by atoms with Gasteiger partial charge in [0.25, 0.3) is 0 Å². The van der Waals surface area contributed by atoms with E-state index in [1.165, 1.54) is 5.56 Å². The summed E-state index contributed by atoms with van der Waals surface area (Å²) in [6, 6.07) is 60.8. The minimum absolute atomic E-state index is 0.600. The Hall–Kier alpha value is -7.63. The number of nitrogens with zero attached hydrogens (tertiary/aromatic N) is 3. The Morgan fingerprint density at radius 2 is 0.839 bits per heavy atom. The average molecular weight is 718 g/mol. The van der Waals surface area contributed by atoms with E-state index in [1.54, 1.807) is 6.20 Å². The van der Waals surface area contributed by atoms with Crippen LogP contribution in [0.3, 0.4) is 0 Å². The molecule has 0 spiro atoms. The lowest BCUT2D eigenvalue weighted by Gasteiger charge is -2.14. The van der Waals surface area contributed by atoms with Crippen LogP contribution in [0.25, 0.3) is 111 Å². The summed E-state index contributed by atoms with van der Waals surface area (Å²) in [5.41, 5.74) is 14.1. The molecule has 0 atom stereocenters. The fourth-order valence-electron chi connectivity index (χ4n) is 7.87. The summed E-state index contributed by atoms with van der Waals surface area (Å²) in [5.74, 6) is 0.600. The maximum Gasteiger partial charge on any atom is 0.161 e. The predicted molar refractivity (Wildman–Crippen MR) is 227 cm³/mol. The summed E-state index contributed by atoms with van der Waals surface area (Å²) in [6.07, 6.45) is 3.58. The van der Waals surface area contributed by atoms with Crippen molar-refractivity contribution in [1.29, 1.82) is 0 Å². The number of furan rings is 2. The van der Waals surface area contributed by atoms with Gasteiger partial charge in [0.05, 0.1) is 11.4 Å². The Labute approximate surface area is 322 Å². The summed E-state index contributed by atoms with van der Waals surface area (Å²) in [6.45, 7) is 0. The Bertz CT molecular complexity index is 3110. The number of hydrogen-bond acceptors (Lipinski definition) is 5. The summed E-state index contributed by atoms with van der Waals surface area (Å²) in [7, 11) is 0. The molecule has 0 unspecified atom stereocenters. The number of fused-ring (bicyclic) bond motifs is 6. The molecule has 0 N–H and O–H groups in total. The molecule has 5 nitrogen and oxygen atoms in total. The molecule has 0 aliphatic heterocycles. The topological polar surface area (TPSA) is 65.0 Å². The van der Waals surface area contributed by atoms with Crippen LogP contribution in [0.1, 0.15) is 0 Å². The lowest BCUT2D eigenvalue weighted by Crippen LogP contribution is -1.97. The second-order valence-electron chi connectivity index (χ2n) is 14.0. The highest BCUT2D eigenvalue weighted by Gasteiger charge is 2.19. The van der Waals surface area contributed by atoms with Crippen LogP contribution in [0, 0.1) is 0 Å². The van der Waals surface area contributed by atoms with Crippen molar-refractivity contribution in [2.75, 3.05) is 0 Å². The largest absolute Gasteiger partial charge is 0.455 e. The molecular formula is C51H31N3O2. The van der Waals surface area contributed by atoms with Crippen molar-refractivity contribution in [3.63, 3.8) is 0 Å². The summed E-state index contributed by atoms with van der Waals surface area (Å²) in [4.78, 5) is 14.8. The molecule has 11 rings (SSSR count). The third kappa shape index (κ3) is 5.45. The molecule has 4 heterocycles. The minimum atomic E-state index is 0.600. The lowest BCUT2D eigenvalue weighted by molar-refractivity contribution is 0.670. The molecular weight excluding hydrogens is 687 g/mol. The van der Waals surface area contributed by atoms with E-state index in [2.05, 4.69) is 138 Å². The zero-order chi connectivity index (χ0) is 37.0. The van der Waals surface area contributed by atoms with Crippen molar-refractivity contribution in [3.8, 4) is 67.3 Å². The van der Waals surface area contributed by atoms with Gasteiger partial charge in [0.2, 0.25) is 0 Å². The quantitative estimate of drug-likeness (QED) is 0.171. The molecule has 11 aromatic rings. The molecule has 0 fully saturated rings. The first-order chi connectivity index (χ1) is 27.7. The van der Waals surface area contributed by atoms with Gasteiger partial charge in [-0.3, -0.25) is 4.98 Å². The maximum absolute atomic E-state index is 6.58. The van der Waals surface area contributed by atoms with Crippen LogP contribution in [0.15, 0.2) is 197 Å². The SMILES string of the molecule is c1ccc(-c2ccc(-c3cc(-c4cc(-c5cccc6c5oc5ccccc56)cc(-c5cccc6c5oc5ccccc56)c4)nc(-c4cccnc4)n3)cc2)cc1. The molecule has 5 heteroatoms. The summed E-state index contributed by atoms with van der Waals surface area (Å²) >= 11 is 0. The van der Waals surface area contributed by atoms with Gasteiger partial charge in [0, 0.05) is 61.8 Å². The van der Waals surface area contributed by atoms with Gasteiger partial charge < -0.3 is 8.83 Å². The van der Waals surface area contributed by atoms with Gasteiger partial charge in [-0.05, 0) is 70.8 Å². The molecule has 0 aliphatic rings. The summed E-state index contributed by atoms with van der Waals surface area (Å²) < 4.78 is 13.2. The van der Waals surface area contributed by atoms with E-state index in [0.29, 0.717) is 5.82 Å². The molecule has 4 aromatic heterocycles. The van der Waals surface area contributed by atoms with E-state index >= 15 is 0 Å². The van der Waals surface area contributed by atoms with Crippen LogP contribution in [-0.2, 0) is 0 Å². The van der Waals surface area contributed by atoms with Crippen molar-refractivity contribution in [2.45, 2.75) is 0 Å². The standard InChI is InChI=1S/C51H31N3O2/c1-2-11-32(12-3-1)33-22-24-34(25-23-33)45-30-46(54-51(53-45)35-13-10-26-52-31-35)38-28-36(39-16-8-18-43-41-14-4-6-20-47(41)55-49(39)43)27-37(29-38)40-17-9-19-44-42-15-5-7-21-48(42)56-50(40)44/h1-31H. The Kier molecular flexibility index (Phi) is 7.42. The van der Waals surface area contributed by atoms with E-state index in [0.717, 1.165) is 99.8 Å². The van der Waals surface area contributed by atoms with Crippen molar-refractivity contribution in [2.24, 2.45) is 0 Å². The number of hydrogen-bond donors (Lipinski definition) is 0. The maximum atomic E-state index is 6.58. The van der Waals surface area contributed by atoms with Gasteiger partial charge in [-0.15, -0.1) is 0 Å². The number of para-hydroxylation sites is 4. The molecule has 7 aromatic carbocycles. The average Bonchev–Trinajstić information content (AvgIpc) is 3.86. The Morgan fingerprint density at radius 3 is 1.45 bits per heavy atom. The van der Waals surface area contributed by atoms with Crippen LogP contribution < -0.4 is 0 Å². The molecule has 0 bridgehead atoms. The highest BCUT2D eigenvalue weighted by atomic mass is 16.3. The normalized spacial score (nSPS) is 11.6. The Morgan fingerprint density at radius 1 is 0.339 bits per heavy atom. The number of aromatic nitrogens is 3.